The molecule has 0 aliphatic carbocycles. The molecule has 2 aliphatic heterocycles. The Balaban J connectivity index is 1.63. The number of hydrogen-bond donors (Lipinski definition) is 0. The van der Waals surface area contributed by atoms with Crippen LogP contribution in [-0.2, 0) is 14.8 Å². The first-order valence-corrected chi connectivity index (χ1v) is 12.6. The van der Waals surface area contributed by atoms with Gasteiger partial charge in [-0.15, -0.1) is 0 Å². The lowest BCUT2D eigenvalue weighted by Crippen LogP contribution is -2.46. The summed E-state index contributed by atoms with van der Waals surface area (Å²) < 4.78 is 24.6. The Hall–Kier alpha value is 0.0800. The summed E-state index contributed by atoms with van der Waals surface area (Å²) in [5.41, 5.74) is 0. The van der Waals surface area contributed by atoms with Crippen LogP contribution in [0, 0.1) is 0 Å². The molecule has 0 aromatic rings. The predicted octanol–water partition coefficient (Wildman–Crippen LogP) is 2.58. The first kappa shape index (κ1) is 19.4. The zero-order chi connectivity index (χ0) is 16.9. The van der Waals surface area contributed by atoms with Gasteiger partial charge in [0.2, 0.25) is 15.9 Å². The number of likely N-dealkylation sites (tertiary alicyclic amines) is 1. The highest BCUT2D eigenvalue weighted by Crippen LogP contribution is 2.39. The van der Waals surface area contributed by atoms with Crippen LogP contribution in [-0.4, -0.2) is 67.0 Å². The molecule has 2 saturated heterocycles. The minimum absolute atomic E-state index is 0.0333. The standard InChI is InChI=1S/C15H28N2O3S3/c1-16(23(2,19)20)13-7-10-17(11-8-13)15(18)6-4-3-5-14-9-12-21-22-14/h13-14H,3-12H2,1-2H3. The van der Waals surface area contributed by atoms with Crippen LogP contribution in [0.4, 0.5) is 0 Å². The van der Waals surface area contributed by atoms with Gasteiger partial charge in [0, 0.05) is 43.6 Å². The fraction of sp³-hybridized carbons (Fsp3) is 0.933. The van der Waals surface area contributed by atoms with Crippen LogP contribution >= 0.6 is 21.6 Å². The molecule has 8 heteroatoms. The molecule has 0 saturated carbocycles. The average molecular weight is 381 g/mol. The van der Waals surface area contributed by atoms with Gasteiger partial charge in [-0.25, -0.2) is 12.7 Å². The summed E-state index contributed by atoms with van der Waals surface area (Å²) in [6, 6.07) is 0.0333. The summed E-state index contributed by atoms with van der Waals surface area (Å²) in [7, 11) is 2.47. The van der Waals surface area contributed by atoms with Crippen LogP contribution < -0.4 is 0 Å². The topological polar surface area (TPSA) is 57.7 Å². The van der Waals surface area contributed by atoms with Crippen LogP contribution in [0.1, 0.15) is 44.9 Å². The smallest absolute Gasteiger partial charge is 0.222 e. The maximum atomic E-state index is 12.3. The lowest BCUT2D eigenvalue weighted by Gasteiger charge is -2.35. The van der Waals surface area contributed by atoms with Crippen molar-refractivity contribution in [1.29, 1.82) is 0 Å². The molecular weight excluding hydrogens is 352 g/mol. The Morgan fingerprint density at radius 1 is 1.22 bits per heavy atom. The van der Waals surface area contributed by atoms with Crippen molar-refractivity contribution in [3.05, 3.63) is 0 Å². The Kier molecular flexibility index (Phi) is 7.56. The van der Waals surface area contributed by atoms with Crippen molar-refractivity contribution in [3.63, 3.8) is 0 Å². The van der Waals surface area contributed by atoms with Crippen molar-refractivity contribution in [2.45, 2.75) is 56.2 Å². The molecule has 0 spiro atoms. The van der Waals surface area contributed by atoms with Gasteiger partial charge in [-0.1, -0.05) is 28.0 Å². The van der Waals surface area contributed by atoms with Crippen molar-refractivity contribution in [2.24, 2.45) is 0 Å². The van der Waals surface area contributed by atoms with Gasteiger partial charge in [0.15, 0.2) is 0 Å². The van der Waals surface area contributed by atoms with E-state index in [1.165, 1.54) is 29.2 Å². The zero-order valence-corrected chi connectivity index (χ0v) is 16.5. The lowest BCUT2D eigenvalue weighted by atomic mass is 10.0. The number of unbranched alkanes of at least 4 members (excludes halogenated alkanes) is 1. The van der Waals surface area contributed by atoms with Gasteiger partial charge >= 0.3 is 0 Å². The fourth-order valence-electron chi connectivity index (χ4n) is 3.12. The largest absolute Gasteiger partial charge is 0.343 e. The van der Waals surface area contributed by atoms with Gasteiger partial charge in [0.25, 0.3) is 0 Å². The van der Waals surface area contributed by atoms with E-state index in [-0.39, 0.29) is 11.9 Å². The third kappa shape index (κ3) is 6.14. The molecule has 2 rings (SSSR count). The first-order valence-electron chi connectivity index (χ1n) is 8.37. The van der Waals surface area contributed by atoms with Crippen molar-refractivity contribution >= 4 is 37.5 Å². The van der Waals surface area contributed by atoms with Crippen molar-refractivity contribution in [2.75, 3.05) is 32.1 Å². The summed E-state index contributed by atoms with van der Waals surface area (Å²) >= 11 is 0. The Morgan fingerprint density at radius 3 is 2.48 bits per heavy atom. The first-order chi connectivity index (χ1) is 10.9. The Labute approximate surface area is 148 Å². The van der Waals surface area contributed by atoms with Crippen LogP contribution in [0.25, 0.3) is 0 Å². The van der Waals surface area contributed by atoms with Crippen LogP contribution in [0.5, 0.6) is 0 Å². The molecule has 2 fully saturated rings. The number of rotatable bonds is 7. The van der Waals surface area contributed by atoms with Gasteiger partial charge in [-0.05, 0) is 32.1 Å². The summed E-state index contributed by atoms with van der Waals surface area (Å²) in [4.78, 5) is 14.2. The molecule has 1 atom stereocenters. The van der Waals surface area contributed by atoms with E-state index < -0.39 is 10.0 Å². The van der Waals surface area contributed by atoms with E-state index in [1.54, 1.807) is 7.05 Å². The SMILES string of the molecule is CN(C1CCN(C(=O)CCCCC2CCSS2)CC1)S(C)(=O)=O. The van der Waals surface area contributed by atoms with Gasteiger partial charge in [0.05, 0.1) is 6.26 Å². The highest BCUT2D eigenvalue weighted by Gasteiger charge is 2.28. The number of carbonyl (C=O) groups is 1. The van der Waals surface area contributed by atoms with E-state index in [0.29, 0.717) is 19.5 Å². The zero-order valence-electron chi connectivity index (χ0n) is 14.1. The van der Waals surface area contributed by atoms with E-state index in [4.69, 9.17) is 0 Å². The highest BCUT2D eigenvalue weighted by atomic mass is 33.1. The highest BCUT2D eigenvalue weighted by molar-refractivity contribution is 8.77. The number of piperidine rings is 1. The number of sulfonamides is 1. The van der Waals surface area contributed by atoms with Gasteiger partial charge < -0.3 is 4.90 Å². The second kappa shape index (κ2) is 8.97. The van der Waals surface area contributed by atoms with Gasteiger partial charge in [-0.2, -0.15) is 0 Å². The summed E-state index contributed by atoms with van der Waals surface area (Å²) in [5.74, 6) is 1.50. The molecule has 0 radical (unpaired) electrons. The third-order valence-electron chi connectivity index (χ3n) is 4.75. The molecule has 0 aromatic carbocycles. The van der Waals surface area contributed by atoms with E-state index in [0.717, 1.165) is 30.9 Å². The quantitative estimate of drug-likeness (QED) is 0.502. The van der Waals surface area contributed by atoms with E-state index in [9.17, 15) is 13.2 Å². The minimum atomic E-state index is -3.14. The number of carbonyl (C=O) groups excluding carboxylic acids is 1. The minimum Gasteiger partial charge on any atom is -0.343 e. The van der Waals surface area contributed by atoms with Crippen molar-refractivity contribution < 1.29 is 13.2 Å². The molecule has 2 heterocycles. The number of nitrogens with zero attached hydrogens (tertiary/aromatic N) is 2. The van der Waals surface area contributed by atoms with Crippen LogP contribution in [0.2, 0.25) is 0 Å². The Morgan fingerprint density at radius 2 is 1.91 bits per heavy atom. The molecular formula is C15H28N2O3S3. The summed E-state index contributed by atoms with van der Waals surface area (Å²) in [6.07, 6.45) is 8.01. The molecule has 23 heavy (non-hydrogen) atoms. The monoisotopic (exact) mass is 380 g/mol. The van der Waals surface area contributed by atoms with Crippen molar-refractivity contribution in [1.82, 2.24) is 9.21 Å². The lowest BCUT2D eigenvalue weighted by molar-refractivity contribution is -0.132. The maximum Gasteiger partial charge on any atom is 0.222 e. The molecule has 2 aliphatic rings. The molecule has 0 bridgehead atoms. The fourth-order valence-corrected chi connectivity index (χ4v) is 6.90. The molecule has 134 valence electrons. The predicted molar refractivity (Wildman–Crippen MR) is 99.1 cm³/mol. The normalized spacial score (nSPS) is 23.6. The number of amides is 1. The van der Waals surface area contributed by atoms with Crippen LogP contribution in [0.15, 0.2) is 0 Å². The second-order valence-corrected chi connectivity index (χ2v) is 11.3. The molecule has 5 nitrogen and oxygen atoms in total. The second-order valence-electron chi connectivity index (χ2n) is 6.47. The molecule has 1 unspecified atom stereocenters. The maximum absolute atomic E-state index is 12.3. The van der Waals surface area contributed by atoms with Gasteiger partial charge in [0.1, 0.15) is 0 Å². The van der Waals surface area contributed by atoms with Gasteiger partial charge in [-0.3, -0.25) is 4.79 Å². The molecule has 1 amide bonds. The van der Waals surface area contributed by atoms with E-state index in [1.807, 2.05) is 26.5 Å². The summed E-state index contributed by atoms with van der Waals surface area (Å²) in [6.45, 7) is 1.36. The Bertz CT molecular complexity index is 484. The number of hydrogen-bond acceptors (Lipinski definition) is 5. The summed E-state index contributed by atoms with van der Waals surface area (Å²) in [5, 5.41) is 0.789. The average Bonchev–Trinajstić information content (AvgIpc) is 3.03. The van der Waals surface area contributed by atoms with Crippen molar-refractivity contribution in [3.8, 4) is 0 Å². The molecule has 0 aromatic heterocycles. The molecule has 0 N–H and O–H groups in total. The van der Waals surface area contributed by atoms with E-state index in [2.05, 4.69) is 0 Å². The van der Waals surface area contributed by atoms with Crippen LogP contribution in [0.3, 0.4) is 0 Å². The third-order valence-corrected chi connectivity index (χ3v) is 9.10. The van der Waals surface area contributed by atoms with E-state index >= 15 is 0 Å².